The molecule has 9 nitrogen and oxygen atoms in total. The van der Waals surface area contributed by atoms with E-state index in [0.29, 0.717) is 12.1 Å². The number of hydrogen-bond acceptors (Lipinski definition) is 6. The molecular formula is C28H31N3O6S. The lowest BCUT2D eigenvalue weighted by Gasteiger charge is -2.14. The molecule has 3 N–H and O–H groups in total. The lowest BCUT2D eigenvalue weighted by Crippen LogP contribution is -2.35. The number of amides is 2. The number of pyridine rings is 1. The smallest absolute Gasteiger partial charge is 0.303 e. The van der Waals surface area contributed by atoms with Crippen LogP contribution in [0.15, 0.2) is 84.4 Å². The number of nitrogens with zero attached hydrogens (tertiary/aromatic N) is 1. The summed E-state index contributed by atoms with van der Waals surface area (Å²) in [6.07, 6.45) is 3.51. The molecule has 0 fully saturated rings. The maximum atomic E-state index is 12.5. The second-order valence-electron chi connectivity index (χ2n) is 8.25. The minimum Gasteiger partial charge on any atom is -0.481 e. The SMILES string of the molecule is C=Cc1ccccc1NC(=O)c1ccc(S(=O)(=O)NC(=O)C(CC)CCC(=O)O)cc1.Cc1ccccn1. The molecule has 0 radical (unpaired) electrons. The highest BCUT2D eigenvalue weighted by Crippen LogP contribution is 2.19. The van der Waals surface area contributed by atoms with Gasteiger partial charge in [0.1, 0.15) is 0 Å². The van der Waals surface area contributed by atoms with Gasteiger partial charge in [0.25, 0.3) is 15.9 Å². The third-order valence-corrected chi connectivity index (χ3v) is 6.84. The zero-order valence-corrected chi connectivity index (χ0v) is 22.1. The molecule has 0 spiro atoms. The standard InChI is InChI=1S/C22H24N2O6S.C6H7N/c1-3-15-7-5-6-8-19(15)23-21(27)17-9-12-18(13-10-17)31(29,30)24-22(28)16(4-2)11-14-20(25)26;1-6-4-2-3-5-7-6/h3,5-10,12-13,16H,1,4,11,14H2,2H3,(H,23,27)(H,24,28)(H,25,26);2-5H,1H3. The molecular weight excluding hydrogens is 506 g/mol. The number of carboxylic acid groups (broad SMARTS) is 1. The topological polar surface area (TPSA) is 143 Å². The molecule has 3 rings (SSSR count). The lowest BCUT2D eigenvalue weighted by molar-refractivity contribution is -0.137. The highest BCUT2D eigenvalue weighted by atomic mass is 32.2. The molecule has 10 heteroatoms. The predicted octanol–water partition coefficient (Wildman–Crippen LogP) is 4.67. The number of anilines is 1. The number of para-hydroxylation sites is 1. The molecule has 1 aromatic heterocycles. The molecule has 1 heterocycles. The number of carboxylic acids is 1. The second kappa shape index (κ2) is 14.4. The highest BCUT2D eigenvalue weighted by Gasteiger charge is 2.24. The predicted molar refractivity (Wildman–Crippen MR) is 146 cm³/mol. The van der Waals surface area contributed by atoms with Gasteiger partial charge in [0.05, 0.1) is 4.90 Å². The van der Waals surface area contributed by atoms with Crippen LogP contribution in [0.3, 0.4) is 0 Å². The molecule has 0 bridgehead atoms. The van der Waals surface area contributed by atoms with Crippen molar-refractivity contribution in [2.75, 3.05) is 5.32 Å². The van der Waals surface area contributed by atoms with Crippen LogP contribution in [0.4, 0.5) is 5.69 Å². The normalized spacial score (nSPS) is 11.3. The van der Waals surface area contributed by atoms with E-state index in [2.05, 4.69) is 16.9 Å². The first kappa shape index (κ1) is 29.9. The Morgan fingerprint density at radius 2 is 1.68 bits per heavy atom. The highest BCUT2D eigenvalue weighted by molar-refractivity contribution is 7.90. The summed E-state index contributed by atoms with van der Waals surface area (Å²) in [5.74, 6) is -2.98. The second-order valence-corrected chi connectivity index (χ2v) is 9.93. The molecule has 0 aliphatic carbocycles. The maximum Gasteiger partial charge on any atom is 0.303 e. The van der Waals surface area contributed by atoms with Crippen molar-refractivity contribution in [3.05, 3.63) is 96.3 Å². The van der Waals surface area contributed by atoms with E-state index >= 15 is 0 Å². The van der Waals surface area contributed by atoms with Gasteiger partial charge in [-0.3, -0.25) is 19.4 Å². The summed E-state index contributed by atoms with van der Waals surface area (Å²) in [6.45, 7) is 7.34. The van der Waals surface area contributed by atoms with Crippen LogP contribution in [0.1, 0.15) is 47.8 Å². The Morgan fingerprint density at radius 1 is 1.03 bits per heavy atom. The number of hydrogen-bond donors (Lipinski definition) is 3. The number of aromatic nitrogens is 1. The van der Waals surface area contributed by atoms with E-state index in [9.17, 15) is 22.8 Å². The van der Waals surface area contributed by atoms with Crippen LogP contribution in [-0.4, -0.2) is 36.3 Å². The largest absolute Gasteiger partial charge is 0.481 e. The van der Waals surface area contributed by atoms with E-state index in [1.165, 1.54) is 24.3 Å². The number of nitrogens with one attached hydrogen (secondary N) is 2. The Bertz CT molecular complexity index is 1360. The zero-order valence-electron chi connectivity index (χ0n) is 21.3. The first-order chi connectivity index (χ1) is 18.1. The van der Waals surface area contributed by atoms with Gasteiger partial charge in [-0.1, -0.05) is 43.8 Å². The van der Waals surface area contributed by atoms with E-state index in [0.717, 1.165) is 11.3 Å². The summed E-state index contributed by atoms with van der Waals surface area (Å²) in [5.41, 5.74) is 2.61. The summed E-state index contributed by atoms with van der Waals surface area (Å²) < 4.78 is 27.0. The molecule has 0 saturated heterocycles. The Hall–Kier alpha value is -4.31. The molecule has 2 amide bonds. The van der Waals surface area contributed by atoms with Gasteiger partial charge in [-0.05, 0) is 67.8 Å². The Morgan fingerprint density at radius 3 is 2.21 bits per heavy atom. The van der Waals surface area contributed by atoms with Gasteiger partial charge < -0.3 is 10.4 Å². The van der Waals surface area contributed by atoms with Gasteiger partial charge in [-0.25, -0.2) is 13.1 Å². The molecule has 200 valence electrons. The van der Waals surface area contributed by atoms with E-state index < -0.39 is 33.7 Å². The van der Waals surface area contributed by atoms with Crippen molar-refractivity contribution in [2.24, 2.45) is 5.92 Å². The molecule has 0 aliphatic rings. The number of aryl methyl sites for hydroxylation is 1. The first-order valence-corrected chi connectivity index (χ1v) is 13.3. The number of benzene rings is 2. The van der Waals surface area contributed by atoms with Gasteiger partial charge in [-0.2, -0.15) is 0 Å². The molecule has 1 unspecified atom stereocenters. The number of carbonyl (C=O) groups is 3. The number of aliphatic carboxylic acids is 1. The summed E-state index contributed by atoms with van der Waals surface area (Å²) in [7, 11) is -4.16. The van der Waals surface area contributed by atoms with Crippen LogP contribution in [0, 0.1) is 12.8 Å². The zero-order chi connectivity index (χ0) is 28.1. The summed E-state index contributed by atoms with van der Waals surface area (Å²) >= 11 is 0. The van der Waals surface area contributed by atoms with E-state index in [1.54, 1.807) is 37.4 Å². The Kier molecular flexibility index (Phi) is 11.4. The molecule has 3 aromatic rings. The third-order valence-electron chi connectivity index (χ3n) is 5.47. The minimum absolute atomic E-state index is 0.0402. The third kappa shape index (κ3) is 9.29. The van der Waals surface area contributed by atoms with E-state index in [-0.39, 0.29) is 23.3 Å². The Balaban J connectivity index is 0.000000624. The molecule has 2 aromatic carbocycles. The van der Waals surface area contributed by atoms with Crippen LogP contribution >= 0.6 is 0 Å². The Labute approximate surface area is 222 Å². The van der Waals surface area contributed by atoms with Crippen molar-refractivity contribution in [1.82, 2.24) is 9.71 Å². The minimum atomic E-state index is -4.16. The average Bonchev–Trinajstić information content (AvgIpc) is 2.90. The molecule has 1 atom stereocenters. The summed E-state index contributed by atoms with van der Waals surface area (Å²) in [4.78, 5) is 39.2. The first-order valence-electron chi connectivity index (χ1n) is 11.9. The number of sulfonamides is 1. The van der Waals surface area contributed by atoms with Gasteiger partial charge in [0.15, 0.2) is 0 Å². The fourth-order valence-electron chi connectivity index (χ4n) is 3.31. The maximum absolute atomic E-state index is 12.5. The van der Waals surface area contributed by atoms with Crippen LogP contribution < -0.4 is 10.0 Å². The fourth-order valence-corrected chi connectivity index (χ4v) is 4.35. The quantitative estimate of drug-likeness (QED) is 0.341. The van der Waals surface area contributed by atoms with Crippen molar-refractivity contribution >= 4 is 39.6 Å². The van der Waals surface area contributed by atoms with Crippen molar-refractivity contribution in [2.45, 2.75) is 38.0 Å². The molecule has 0 saturated carbocycles. The van der Waals surface area contributed by atoms with Gasteiger partial charge in [-0.15, -0.1) is 0 Å². The van der Waals surface area contributed by atoms with E-state index in [1.807, 2.05) is 35.9 Å². The van der Waals surface area contributed by atoms with Gasteiger partial charge in [0, 0.05) is 35.5 Å². The van der Waals surface area contributed by atoms with Gasteiger partial charge in [0.2, 0.25) is 5.91 Å². The lowest BCUT2D eigenvalue weighted by atomic mass is 10.00. The van der Waals surface area contributed by atoms with Crippen molar-refractivity contribution in [3.63, 3.8) is 0 Å². The summed E-state index contributed by atoms with van der Waals surface area (Å²) in [5, 5.41) is 11.5. The number of rotatable bonds is 10. The molecule has 38 heavy (non-hydrogen) atoms. The summed E-state index contributed by atoms with van der Waals surface area (Å²) in [6, 6.07) is 18.1. The van der Waals surface area contributed by atoms with Gasteiger partial charge >= 0.3 is 5.97 Å². The van der Waals surface area contributed by atoms with Crippen LogP contribution in [0.2, 0.25) is 0 Å². The average molecular weight is 538 g/mol. The number of carbonyl (C=O) groups excluding carboxylic acids is 2. The van der Waals surface area contributed by atoms with Crippen LogP contribution in [0.5, 0.6) is 0 Å². The van der Waals surface area contributed by atoms with Crippen molar-refractivity contribution < 1.29 is 27.9 Å². The van der Waals surface area contributed by atoms with Crippen LogP contribution in [0.25, 0.3) is 6.08 Å². The van der Waals surface area contributed by atoms with Crippen LogP contribution in [-0.2, 0) is 19.6 Å². The van der Waals surface area contributed by atoms with Crippen molar-refractivity contribution in [1.29, 1.82) is 0 Å². The fraction of sp³-hybridized carbons (Fsp3) is 0.214. The molecule has 0 aliphatic heterocycles. The monoisotopic (exact) mass is 537 g/mol. The van der Waals surface area contributed by atoms with Crippen molar-refractivity contribution in [3.8, 4) is 0 Å². The van der Waals surface area contributed by atoms with E-state index in [4.69, 9.17) is 5.11 Å².